The smallest absolute Gasteiger partial charge is 0.134 e. The van der Waals surface area contributed by atoms with E-state index >= 15 is 0 Å². The lowest BCUT2D eigenvalue weighted by Crippen LogP contribution is -2.36. The molecule has 2 aliphatic heterocycles. The van der Waals surface area contributed by atoms with E-state index in [-0.39, 0.29) is 6.04 Å². The lowest BCUT2D eigenvalue weighted by molar-refractivity contribution is 0.199. The average molecular weight is 311 g/mol. The molecule has 2 saturated heterocycles. The lowest BCUT2D eigenvalue weighted by Gasteiger charge is -2.28. The van der Waals surface area contributed by atoms with Gasteiger partial charge < -0.3 is 4.42 Å². The van der Waals surface area contributed by atoms with Crippen molar-refractivity contribution < 1.29 is 4.42 Å². The van der Waals surface area contributed by atoms with Crippen molar-refractivity contribution in [2.45, 2.75) is 37.8 Å². The van der Waals surface area contributed by atoms with Gasteiger partial charge in [0.05, 0.1) is 6.04 Å². The summed E-state index contributed by atoms with van der Waals surface area (Å²) in [5.74, 6) is 2.61. The summed E-state index contributed by atoms with van der Waals surface area (Å²) in [6.45, 7) is 3.52. The van der Waals surface area contributed by atoms with Crippen molar-refractivity contribution in [3.8, 4) is 0 Å². The summed E-state index contributed by atoms with van der Waals surface area (Å²) in [6.07, 6.45) is 5.71. The number of rotatable bonds is 3. The van der Waals surface area contributed by atoms with Crippen LogP contribution in [-0.4, -0.2) is 30.6 Å². The third-order valence-electron chi connectivity index (χ3n) is 6.08. The van der Waals surface area contributed by atoms with Crippen LogP contribution >= 0.6 is 0 Å². The average Bonchev–Trinajstić information content (AvgIpc) is 3.25. The van der Waals surface area contributed by atoms with Crippen LogP contribution in [0, 0.1) is 11.8 Å². The molecule has 1 saturated carbocycles. The van der Waals surface area contributed by atoms with E-state index in [1.165, 1.54) is 44.2 Å². The maximum absolute atomic E-state index is 6.11. The standard InChI is InChI=1S/C19H25N3O/c1-2-7-17-14(5-1)9-18(23-17)19-15(10-20-21-19)12-22-11-13-4-3-6-16(22)8-13/h1-2,5,7,9,13,15-16,19-21H,3-4,6,8,10-12H2/t13-,15?,16+,19?/m0/s1. The fourth-order valence-electron chi connectivity index (χ4n) is 4.93. The first-order valence-corrected chi connectivity index (χ1v) is 9.08. The minimum absolute atomic E-state index is 0.280. The molecule has 2 unspecified atom stereocenters. The molecule has 3 aliphatic rings. The van der Waals surface area contributed by atoms with Gasteiger partial charge in [-0.05, 0) is 37.3 Å². The normalized spacial score (nSPS) is 34.4. The summed E-state index contributed by atoms with van der Waals surface area (Å²) in [5.41, 5.74) is 7.80. The van der Waals surface area contributed by atoms with E-state index in [4.69, 9.17) is 4.42 Å². The summed E-state index contributed by atoms with van der Waals surface area (Å²) in [4.78, 5) is 2.76. The Morgan fingerprint density at radius 2 is 2.17 bits per heavy atom. The van der Waals surface area contributed by atoms with E-state index < -0.39 is 0 Å². The van der Waals surface area contributed by atoms with Crippen molar-refractivity contribution >= 4 is 11.0 Å². The molecule has 3 heterocycles. The van der Waals surface area contributed by atoms with E-state index in [0.717, 1.165) is 29.8 Å². The highest BCUT2D eigenvalue weighted by Gasteiger charge is 2.39. The van der Waals surface area contributed by atoms with Gasteiger partial charge in [0.15, 0.2) is 0 Å². The van der Waals surface area contributed by atoms with Gasteiger partial charge in [0.2, 0.25) is 0 Å². The second kappa shape index (κ2) is 5.62. The van der Waals surface area contributed by atoms with Gasteiger partial charge in [-0.2, -0.15) is 0 Å². The second-order valence-corrected chi connectivity index (χ2v) is 7.59. The fourth-order valence-corrected chi connectivity index (χ4v) is 4.93. The third-order valence-corrected chi connectivity index (χ3v) is 6.08. The predicted octanol–water partition coefficient (Wildman–Crippen LogP) is 3.07. The maximum Gasteiger partial charge on any atom is 0.134 e. The van der Waals surface area contributed by atoms with Crippen molar-refractivity contribution in [1.82, 2.24) is 15.8 Å². The summed E-state index contributed by atoms with van der Waals surface area (Å²) < 4.78 is 6.11. The lowest BCUT2D eigenvalue weighted by atomic mass is 9.90. The van der Waals surface area contributed by atoms with Crippen LogP contribution in [0.15, 0.2) is 34.7 Å². The first-order chi connectivity index (χ1) is 11.4. The van der Waals surface area contributed by atoms with Crippen molar-refractivity contribution in [2.24, 2.45) is 11.8 Å². The Morgan fingerprint density at radius 3 is 3.09 bits per heavy atom. The maximum atomic E-state index is 6.11. The zero-order valence-corrected chi connectivity index (χ0v) is 13.5. The second-order valence-electron chi connectivity index (χ2n) is 7.59. The molecule has 0 spiro atoms. The number of para-hydroxylation sites is 1. The van der Waals surface area contributed by atoms with Crippen LogP contribution in [0.4, 0.5) is 0 Å². The molecule has 4 nitrogen and oxygen atoms in total. The van der Waals surface area contributed by atoms with Crippen LogP contribution in [0.25, 0.3) is 11.0 Å². The minimum atomic E-state index is 0.280. The van der Waals surface area contributed by atoms with Crippen LogP contribution in [0.2, 0.25) is 0 Å². The molecule has 4 heteroatoms. The summed E-state index contributed by atoms with van der Waals surface area (Å²) in [6, 6.07) is 11.6. The molecule has 1 aromatic heterocycles. The molecule has 1 aromatic carbocycles. The highest BCUT2D eigenvalue weighted by Crippen LogP contribution is 2.37. The molecule has 5 rings (SSSR count). The van der Waals surface area contributed by atoms with Gasteiger partial charge >= 0.3 is 0 Å². The number of likely N-dealkylation sites (tertiary alicyclic amines) is 1. The number of fused-ring (bicyclic) bond motifs is 3. The molecule has 3 fully saturated rings. The SMILES string of the molecule is c1ccc2oc(C3NNCC3CN3C[C@H]4CCC[C@@H]3C4)cc2c1. The van der Waals surface area contributed by atoms with Crippen LogP contribution in [-0.2, 0) is 0 Å². The number of hydrazine groups is 1. The first kappa shape index (κ1) is 14.0. The highest BCUT2D eigenvalue weighted by molar-refractivity contribution is 5.77. The Morgan fingerprint density at radius 1 is 1.22 bits per heavy atom. The molecule has 4 atom stereocenters. The van der Waals surface area contributed by atoms with Gasteiger partial charge in [-0.15, -0.1) is 0 Å². The molecule has 1 aliphatic carbocycles. The quantitative estimate of drug-likeness (QED) is 0.914. The summed E-state index contributed by atoms with van der Waals surface area (Å²) in [5, 5.41) is 1.20. The number of nitrogens with zero attached hydrogens (tertiary/aromatic N) is 1. The number of nitrogens with one attached hydrogen (secondary N) is 2. The molecule has 2 bridgehead atoms. The zero-order valence-electron chi connectivity index (χ0n) is 13.5. The van der Waals surface area contributed by atoms with E-state index in [9.17, 15) is 0 Å². The third kappa shape index (κ3) is 2.49. The molecular formula is C19H25N3O. The summed E-state index contributed by atoms with van der Waals surface area (Å²) in [7, 11) is 0. The Kier molecular flexibility index (Phi) is 3.43. The monoisotopic (exact) mass is 311 g/mol. The number of benzene rings is 1. The minimum Gasteiger partial charge on any atom is -0.459 e. The molecular weight excluding hydrogens is 286 g/mol. The zero-order chi connectivity index (χ0) is 15.2. The topological polar surface area (TPSA) is 40.4 Å². The fraction of sp³-hybridized carbons (Fsp3) is 0.579. The van der Waals surface area contributed by atoms with Gasteiger partial charge in [0.1, 0.15) is 11.3 Å². The molecule has 122 valence electrons. The molecule has 23 heavy (non-hydrogen) atoms. The van der Waals surface area contributed by atoms with Gasteiger partial charge in [0.25, 0.3) is 0 Å². The number of hydrogen-bond acceptors (Lipinski definition) is 4. The van der Waals surface area contributed by atoms with Crippen molar-refractivity contribution in [3.05, 3.63) is 36.1 Å². The van der Waals surface area contributed by atoms with Crippen molar-refractivity contribution in [2.75, 3.05) is 19.6 Å². The molecule has 2 aromatic rings. The predicted molar refractivity (Wildman–Crippen MR) is 90.9 cm³/mol. The highest BCUT2D eigenvalue weighted by atomic mass is 16.3. The van der Waals surface area contributed by atoms with Crippen LogP contribution < -0.4 is 10.9 Å². The first-order valence-electron chi connectivity index (χ1n) is 9.08. The van der Waals surface area contributed by atoms with E-state index in [2.05, 4.69) is 40.0 Å². The number of furan rings is 1. The van der Waals surface area contributed by atoms with E-state index in [1.807, 2.05) is 6.07 Å². The van der Waals surface area contributed by atoms with Crippen LogP contribution in [0.1, 0.15) is 37.5 Å². The Balaban J connectivity index is 1.36. The number of hydrogen-bond donors (Lipinski definition) is 2. The Bertz CT molecular complexity index is 664. The van der Waals surface area contributed by atoms with Crippen molar-refractivity contribution in [3.63, 3.8) is 0 Å². The van der Waals surface area contributed by atoms with Crippen LogP contribution in [0.3, 0.4) is 0 Å². The molecule has 0 radical (unpaired) electrons. The van der Waals surface area contributed by atoms with Crippen LogP contribution in [0.5, 0.6) is 0 Å². The van der Waals surface area contributed by atoms with Gasteiger partial charge in [-0.25, -0.2) is 5.43 Å². The largest absolute Gasteiger partial charge is 0.459 e. The molecule has 2 N–H and O–H groups in total. The summed E-state index contributed by atoms with van der Waals surface area (Å²) >= 11 is 0. The van der Waals surface area contributed by atoms with Gasteiger partial charge in [-0.3, -0.25) is 10.3 Å². The Labute approximate surface area is 137 Å². The van der Waals surface area contributed by atoms with E-state index in [0.29, 0.717) is 5.92 Å². The molecule has 0 amide bonds. The van der Waals surface area contributed by atoms with E-state index in [1.54, 1.807) is 0 Å². The van der Waals surface area contributed by atoms with Crippen molar-refractivity contribution in [1.29, 1.82) is 0 Å². The Hall–Kier alpha value is -1.36. The van der Waals surface area contributed by atoms with Gasteiger partial charge in [0, 0.05) is 37.0 Å². The van der Waals surface area contributed by atoms with Gasteiger partial charge in [-0.1, -0.05) is 24.6 Å².